The van der Waals surface area contributed by atoms with E-state index in [9.17, 15) is 0 Å². The number of halogens is 2. The number of aromatic nitrogens is 1. The molecule has 1 aromatic rings. The number of hydrogen-bond donors (Lipinski definition) is 0. The van der Waals surface area contributed by atoms with E-state index in [0.29, 0.717) is 16.3 Å². The maximum atomic E-state index is 6.15. The lowest BCUT2D eigenvalue weighted by Gasteiger charge is -2.33. The van der Waals surface area contributed by atoms with E-state index in [2.05, 4.69) is 16.8 Å². The molecule has 1 aromatic heterocycles. The Morgan fingerprint density at radius 3 is 2.56 bits per heavy atom. The molecule has 1 aliphatic carbocycles. The zero-order valence-corrected chi connectivity index (χ0v) is 12.3. The molecule has 1 fully saturated rings. The van der Waals surface area contributed by atoms with Gasteiger partial charge in [0.15, 0.2) is 0 Å². The maximum absolute atomic E-state index is 6.15. The first-order chi connectivity index (χ1) is 8.70. The second-order valence-electron chi connectivity index (χ2n) is 4.94. The molecule has 2 rings (SSSR count). The van der Waals surface area contributed by atoms with Crippen LogP contribution in [0.2, 0.25) is 10.3 Å². The molecule has 100 valence electrons. The summed E-state index contributed by atoms with van der Waals surface area (Å²) in [6, 6.07) is 4.51. The van der Waals surface area contributed by atoms with Crippen molar-refractivity contribution in [2.24, 2.45) is 0 Å². The van der Waals surface area contributed by atoms with Crippen molar-refractivity contribution >= 4 is 23.2 Å². The lowest BCUT2D eigenvalue weighted by atomic mass is 9.94. The van der Waals surface area contributed by atoms with Crippen molar-refractivity contribution in [3.63, 3.8) is 0 Å². The van der Waals surface area contributed by atoms with Gasteiger partial charge in [0.25, 0.3) is 0 Å². The van der Waals surface area contributed by atoms with Crippen LogP contribution < -0.4 is 0 Å². The molecule has 0 aromatic carbocycles. The molecule has 0 atom stereocenters. The average Bonchev–Trinajstić information content (AvgIpc) is 2.39. The first-order valence-corrected chi connectivity index (χ1v) is 7.51. The normalized spacial score (nSPS) is 17.3. The van der Waals surface area contributed by atoms with E-state index in [-0.39, 0.29) is 0 Å². The van der Waals surface area contributed by atoms with Gasteiger partial charge in [0.1, 0.15) is 10.3 Å². The lowest BCUT2D eigenvalue weighted by Crippen LogP contribution is -2.36. The summed E-state index contributed by atoms with van der Waals surface area (Å²) in [7, 11) is 0. The fourth-order valence-electron chi connectivity index (χ4n) is 2.72. The molecule has 2 nitrogen and oxygen atoms in total. The maximum Gasteiger partial charge on any atom is 0.135 e. The topological polar surface area (TPSA) is 16.1 Å². The zero-order valence-electron chi connectivity index (χ0n) is 10.8. The fourth-order valence-corrected chi connectivity index (χ4v) is 3.13. The Morgan fingerprint density at radius 2 is 1.94 bits per heavy atom. The molecular weight excluding hydrogens is 267 g/mol. The summed E-state index contributed by atoms with van der Waals surface area (Å²) < 4.78 is 0. The molecule has 4 heteroatoms. The van der Waals surface area contributed by atoms with Crippen LogP contribution in [0.5, 0.6) is 0 Å². The van der Waals surface area contributed by atoms with Crippen LogP contribution in [0, 0.1) is 0 Å². The number of pyridine rings is 1. The third-order valence-corrected chi connectivity index (χ3v) is 4.30. The van der Waals surface area contributed by atoms with Gasteiger partial charge in [-0.05, 0) is 25.5 Å². The van der Waals surface area contributed by atoms with E-state index in [4.69, 9.17) is 23.2 Å². The van der Waals surface area contributed by atoms with Crippen molar-refractivity contribution in [1.29, 1.82) is 0 Å². The van der Waals surface area contributed by atoms with Crippen LogP contribution in [0.15, 0.2) is 12.1 Å². The van der Waals surface area contributed by atoms with E-state index in [0.717, 1.165) is 18.7 Å². The van der Waals surface area contributed by atoms with Gasteiger partial charge in [0.2, 0.25) is 0 Å². The van der Waals surface area contributed by atoms with Crippen molar-refractivity contribution in [2.45, 2.75) is 51.6 Å². The third kappa shape index (κ3) is 3.59. The summed E-state index contributed by atoms with van der Waals surface area (Å²) in [6.07, 6.45) is 6.72. The SMILES string of the molecule is CCN(Cc1ccc(Cl)nc1Cl)C1CCCCC1. The third-order valence-electron chi connectivity index (χ3n) is 3.76. The first kappa shape index (κ1) is 14.1. The molecule has 0 bridgehead atoms. The van der Waals surface area contributed by atoms with Crippen molar-refractivity contribution in [3.8, 4) is 0 Å². The minimum Gasteiger partial charge on any atom is -0.296 e. The van der Waals surface area contributed by atoms with Gasteiger partial charge >= 0.3 is 0 Å². The van der Waals surface area contributed by atoms with Crippen LogP contribution in [0.3, 0.4) is 0 Å². The Balaban J connectivity index is 2.04. The van der Waals surface area contributed by atoms with Crippen LogP contribution >= 0.6 is 23.2 Å². The molecular formula is C14H20Cl2N2. The second-order valence-corrected chi connectivity index (χ2v) is 5.68. The fraction of sp³-hybridized carbons (Fsp3) is 0.643. The molecule has 1 heterocycles. The largest absolute Gasteiger partial charge is 0.296 e. The Morgan fingerprint density at radius 1 is 1.22 bits per heavy atom. The van der Waals surface area contributed by atoms with Gasteiger partial charge in [-0.15, -0.1) is 0 Å². The molecule has 0 spiro atoms. The molecule has 0 amide bonds. The Labute approximate surface area is 119 Å². The number of hydrogen-bond acceptors (Lipinski definition) is 2. The predicted octanol–water partition coefficient (Wildman–Crippen LogP) is 4.54. The molecule has 0 N–H and O–H groups in total. The minimum atomic E-state index is 0.462. The van der Waals surface area contributed by atoms with Crippen molar-refractivity contribution < 1.29 is 0 Å². The average molecular weight is 287 g/mol. The van der Waals surface area contributed by atoms with Crippen LogP contribution in [-0.4, -0.2) is 22.5 Å². The van der Waals surface area contributed by atoms with Crippen LogP contribution in [-0.2, 0) is 6.54 Å². The van der Waals surface area contributed by atoms with Crippen LogP contribution in [0.4, 0.5) is 0 Å². The van der Waals surface area contributed by atoms with E-state index in [1.165, 1.54) is 32.1 Å². The predicted molar refractivity (Wildman–Crippen MR) is 77.2 cm³/mol. The van der Waals surface area contributed by atoms with Gasteiger partial charge in [0, 0.05) is 18.2 Å². The van der Waals surface area contributed by atoms with Crippen molar-refractivity contribution in [2.75, 3.05) is 6.54 Å². The number of nitrogens with zero attached hydrogens (tertiary/aromatic N) is 2. The Bertz CT molecular complexity index is 389. The minimum absolute atomic E-state index is 0.462. The lowest BCUT2D eigenvalue weighted by molar-refractivity contribution is 0.156. The highest BCUT2D eigenvalue weighted by atomic mass is 35.5. The van der Waals surface area contributed by atoms with E-state index in [1.807, 2.05) is 12.1 Å². The highest BCUT2D eigenvalue weighted by Gasteiger charge is 2.20. The molecule has 1 aliphatic rings. The molecule has 18 heavy (non-hydrogen) atoms. The smallest absolute Gasteiger partial charge is 0.135 e. The van der Waals surface area contributed by atoms with Gasteiger partial charge in [-0.25, -0.2) is 4.98 Å². The monoisotopic (exact) mass is 286 g/mol. The van der Waals surface area contributed by atoms with Crippen molar-refractivity contribution in [3.05, 3.63) is 28.0 Å². The summed E-state index contributed by atoms with van der Waals surface area (Å²) >= 11 is 12.0. The van der Waals surface area contributed by atoms with Gasteiger partial charge < -0.3 is 0 Å². The van der Waals surface area contributed by atoms with Gasteiger partial charge in [-0.3, -0.25) is 4.90 Å². The first-order valence-electron chi connectivity index (χ1n) is 6.75. The summed E-state index contributed by atoms with van der Waals surface area (Å²) in [5, 5.41) is 1.00. The van der Waals surface area contributed by atoms with E-state index >= 15 is 0 Å². The highest BCUT2D eigenvalue weighted by molar-refractivity contribution is 6.32. The summed E-state index contributed by atoms with van der Waals surface area (Å²) in [5.74, 6) is 0. The summed E-state index contributed by atoms with van der Waals surface area (Å²) in [4.78, 5) is 6.62. The van der Waals surface area contributed by atoms with Crippen LogP contribution in [0.25, 0.3) is 0 Å². The molecule has 1 saturated carbocycles. The van der Waals surface area contributed by atoms with Gasteiger partial charge in [-0.2, -0.15) is 0 Å². The molecule has 0 aliphatic heterocycles. The van der Waals surface area contributed by atoms with Crippen molar-refractivity contribution in [1.82, 2.24) is 9.88 Å². The van der Waals surface area contributed by atoms with E-state index in [1.54, 1.807) is 0 Å². The van der Waals surface area contributed by atoms with Gasteiger partial charge in [0.05, 0.1) is 0 Å². The molecule has 0 radical (unpaired) electrons. The molecule has 0 saturated heterocycles. The second kappa shape index (κ2) is 6.74. The summed E-state index contributed by atoms with van der Waals surface area (Å²) in [5.41, 5.74) is 1.08. The standard InChI is InChI=1S/C14H20Cl2N2/c1-2-18(12-6-4-3-5-7-12)10-11-8-9-13(15)17-14(11)16/h8-9,12H,2-7,10H2,1H3. The molecule has 0 unspecified atom stereocenters. The quantitative estimate of drug-likeness (QED) is 0.756. The van der Waals surface area contributed by atoms with E-state index < -0.39 is 0 Å². The zero-order chi connectivity index (χ0) is 13.0. The Kier molecular flexibility index (Phi) is 5.28. The van der Waals surface area contributed by atoms with Crippen LogP contribution in [0.1, 0.15) is 44.6 Å². The summed E-state index contributed by atoms with van der Waals surface area (Å²) in [6.45, 7) is 4.15. The van der Waals surface area contributed by atoms with Gasteiger partial charge in [-0.1, -0.05) is 55.5 Å². The Hall–Kier alpha value is -0.310. The highest BCUT2D eigenvalue weighted by Crippen LogP contribution is 2.25. The number of rotatable bonds is 4.